The van der Waals surface area contributed by atoms with Crippen LogP contribution in [0.4, 0.5) is 11.4 Å². The van der Waals surface area contributed by atoms with E-state index >= 15 is 0 Å². The van der Waals surface area contributed by atoms with Gasteiger partial charge in [-0.1, -0.05) is 0 Å². The Morgan fingerprint density at radius 1 is 1.12 bits per heavy atom. The number of amides is 1. The van der Waals surface area contributed by atoms with Crippen molar-refractivity contribution < 1.29 is 13.2 Å². The highest BCUT2D eigenvalue weighted by Gasteiger charge is 2.20. The smallest absolute Gasteiger partial charge is 0.261 e. The summed E-state index contributed by atoms with van der Waals surface area (Å²) >= 11 is 0. The maximum absolute atomic E-state index is 12.6. The van der Waals surface area contributed by atoms with Gasteiger partial charge < -0.3 is 5.32 Å². The Morgan fingerprint density at radius 2 is 2.00 bits per heavy atom. The topological polar surface area (TPSA) is 92.6 Å². The second-order valence-electron chi connectivity index (χ2n) is 5.59. The molecule has 2 N–H and O–H groups in total. The van der Waals surface area contributed by atoms with E-state index in [1.54, 1.807) is 47.2 Å². The van der Waals surface area contributed by atoms with Crippen LogP contribution < -0.4 is 10.0 Å². The van der Waals surface area contributed by atoms with Gasteiger partial charge >= 0.3 is 0 Å². The molecular weight excluding hydrogens is 328 g/mol. The summed E-state index contributed by atoms with van der Waals surface area (Å²) in [5.74, 6) is -0.0506. The van der Waals surface area contributed by atoms with Crippen LogP contribution in [-0.2, 0) is 21.2 Å². The largest absolute Gasteiger partial charge is 0.326 e. The van der Waals surface area contributed by atoms with Crippen LogP contribution in [0.25, 0.3) is 5.52 Å². The fraction of sp³-hybridized carbons (Fsp3) is 0.125. The number of nitrogens with one attached hydrogen (secondary N) is 2. The van der Waals surface area contributed by atoms with Crippen molar-refractivity contribution in [2.24, 2.45) is 0 Å². The lowest BCUT2D eigenvalue weighted by atomic mass is 10.0. The summed E-state index contributed by atoms with van der Waals surface area (Å²) in [7, 11) is -3.70. The van der Waals surface area contributed by atoms with Crippen LogP contribution in [0.5, 0.6) is 0 Å². The predicted molar refractivity (Wildman–Crippen MR) is 89.4 cm³/mol. The van der Waals surface area contributed by atoms with Crippen molar-refractivity contribution >= 4 is 32.8 Å². The molecule has 0 spiro atoms. The number of fused-ring (bicyclic) bond motifs is 2. The summed E-state index contributed by atoms with van der Waals surface area (Å²) in [6.45, 7) is 0. The third kappa shape index (κ3) is 2.61. The van der Waals surface area contributed by atoms with Gasteiger partial charge in [0.15, 0.2) is 0 Å². The highest BCUT2D eigenvalue weighted by molar-refractivity contribution is 7.92. The van der Waals surface area contributed by atoms with Gasteiger partial charge in [0, 0.05) is 24.5 Å². The summed E-state index contributed by atoms with van der Waals surface area (Å²) in [5, 5.41) is 6.82. The summed E-state index contributed by atoms with van der Waals surface area (Å²) in [6.07, 6.45) is 4.23. The standard InChI is InChI=1S/C16H14N4O3S/c21-16-4-1-11-9-14(2-3-15(11)18-16)24(22,23)19-12-6-8-20-13(10-12)5-7-17-20/h2-3,5-10,19H,1,4H2,(H,18,21). The number of hydrogen-bond acceptors (Lipinski definition) is 4. The Morgan fingerprint density at radius 3 is 2.88 bits per heavy atom. The highest BCUT2D eigenvalue weighted by Crippen LogP contribution is 2.26. The zero-order valence-corrected chi connectivity index (χ0v) is 13.4. The molecular formula is C16H14N4O3S. The number of carbonyl (C=O) groups excluding carboxylic acids is 1. The second-order valence-corrected chi connectivity index (χ2v) is 7.27. The number of anilines is 2. The summed E-state index contributed by atoms with van der Waals surface area (Å²) in [5.41, 5.74) is 2.76. The average molecular weight is 342 g/mol. The zero-order valence-electron chi connectivity index (χ0n) is 12.6. The molecule has 0 unspecified atom stereocenters. The number of aryl methyl sites for hydroxylation is 1. The molecule has 0 atom stereocenters. The first-order valence-corrected chi connectivity index (χ1v) is 8.89. The van der Waals surface area contributed by atoms with E-state index < -0.39 is 10.0 Å². The third-order valence-electron chi connectivity index (χ3n) is 3.93. The first kappa shape index (κ1) is 14.7. The number of rotatable bonds is 3. The van der Waals surface area contributed by atoms with E-state index in [1.807, 2.05) is 0 Å². The minimum absolute atomic E-state index is 0.0506. The fourth-order valence-corrected chi connectivity index (χ4v) is 3.83. The molecule has 0 saturated heterocycles. The second kappa shape index (κ2) is 5.34. The summed E-state index contributed by atoms with van der Waals surface area (Å²) < 4.78 is 29.4. The molecule has 8 heteroatoms. The molecule has 4 rings (SSSR count). The van der Waals surface area contributed by atoms with Gasteiger partial charge in [-0.3, -0.25) is 9.52 Å². The van der Waals surface area contributed by atoms with Gasteiger partial charge in [0.05, 0.1) is 16.1 Å². The first-order valence-electron chi connectivity index (χ1n) is 7.40. The number of benzene rings is 1. The van der Waals surface area contributed by atoms with E-state index in [2.05, 4.69) is 15.1 Å². The van der Waals surface area contributed by atoms with Crippen molar-refractivity contribution in [1.29, 1.82) is 0 Å². The quantitative estimate of drug-likeness (QED) is 0.761. The lowest BCUT2D eigenvalue weighted by Gasteiger charge is -2.18. The van der Waals surface area contributed by atoms with Gasteiger partial charge in [-0.25, -0.2) is 12.9 Å². The van der Waals surface area contributed by atoms with Crippen molar-refractivity contribution in [2.75, 3.05) is 10.0 Å². The molecule has 0 saturated carbocycles. The van der Waals surface area contributed by atoms with Crippen LogP contribution in [0.1, 0.15) is 12.0 Å². The van der Waals surface area contributed by atoms with Gasteiger partial charge in [0.25, 0.3) is 10.0 Å². The van der Waals surface area contributed by atoms with Crippen molar-refractivity contribution in [3.05, 3.63) is 54.4 Å². The third-order valence-corrected chi connectivity index (χ3v) is 5.31. The van der Waals surface area contributed by atoms with Gasteiger partial charge in [0.1, 0.15) is 0 Å². The number of hydrogen-bond donors (Lipinski definition) is 2. The molecule has 2 aromatic heterocycles. The maximum atomic E-state index is 12.6. The Labute approximate surface area is 138 Å². The Kier molecular flexibility index (Phi) is 3.27. The SMILES string of the molecule is O=C1CCc2cc(S(=O)(=O)Nc3ccn4nccc4c3)ccc2N1. The molecule has 1 amide bonds. The van der Waals surface area contributed by atoms with E-state index in [-0.39, 0.29) is 10.8 Å². The number of nitrogens with zero attached hydrogens (tertiary/aromatic N) is 2. The lowest BCUT2D eigenvalue weighted by molar-refractivity contribution is -0.116. The van der Waals surface area contributed by atoms with Crippen LogP contribution >= 0.6 is 0 Å². The Balaban J connectivity index is 1.66. The molecule has 0 radical (unpaired) electrons. The summed E-state index contributed by atoms with van der Waals surface area (Å²) in [4.78, 5) is 11.6. The molecule has 3 heterocycles. The van der Waals surface area contributed by atoms with Gasteiger partial charge in [-0.15, -0.1) is 0 Å². The van der Waals surface area contributed by atoms with E-state index in [4.69, 9.17) is 0 Å². The predicted octanol–water partition coefficient (Wildman–Crippen LogP) is 2.02. The minimum Gasteiger partial charge on any atom is -0.326 e. The molecule has 24 heavy (non-hydrogen) atoms. The molecule has 0 bridgehead atoms. The van der Waals surface area contributed by atoms with E-state index in [0.717, 1.165) is 11.1 Å². The van der Waals surface area contributed by atoms with Crippen molar-refractivity contribution in [3.8, 4) is 0 Å². The normalized spacial score (nSPS) is 14.2. The molecule has 1 aromatic carbocycles. The molecule has 0 aliphatic carbocycles. The van der Waals surface area contributed by atoms with Crippen LogP contribution in [0.15, 0.2) is 53.7 Å². The van der Waals surface area contributed by atoms with Crippen molar-refractivity contribution in [3.63, 3.8) is 0 Å². The van der Waals surface area contributed by atoms with Crippen molar-refractivity contribution in [1.82, 2.24) is 9.61 Å². The molecule has 0 fully saturated rings. The van der Waals surface area contributed by atoms with E-state index in [1.165, 1.54) is 6.07 Å². The lowest BCUT2D eigenvalue weighted by Crippen LogP contribution is -2.20. The maximum Gasteiger partial charge on any atom is 0.261 e. The van der Waals surface area contributed by atoms with Gasteiger partial charge in [0.2, 0.25) is 5.91 Å². The first-order chi connectivity index (χ1) is 11.5. The number of pyridine rings is 1. The average Bonchev–Trinajstić information content (AvgIpc) is 3.01. The van der Waals surface area contributed by atoms with Crippen molar-refractivity contribution in [2.45, 2.75) is 17.7 Å². The number of aromatic nitrogens is 2. The van der Waals surface area contributed by atoms with Gasteiger partial charge in [-0.2, -0.15) is 5.10 Å². The van der Waals surface area contributed by atoms with Gasteiger partial charge in [-0.05, 0) is 48.4 Å². The van der Waals surface area contributed by atoms with Crippen LogP contribution in [-0.4, -0.2) is 23.9 Å². The van der Waals surface area contributed by atoms with Crippen LogP contribution in [0.3, 0.4) is 0 Å². The molecule has 1 aliphatic rings. The molecule has 122 valence electrons. The molecule has 1 aliphatic heterocycles. The number of carbonyl (C=O) groups is 1. The monoisotopic (exact) mass is 342 g/mol. The zero-order chi connectivity index (χ0) is 16.7. The highest BCUT2D eigenvalue weighted by atomic mass is 32.2. The Hall–Kier alpha value is -2.87. The van der Waals surface area contributed by atoms with Crippen LogP contribution in [0.2, 0.25) is 0 Å². The van der Waals surface area contributed by atoms with E-state index in [9.17, 15) is 13.2 Å². The summed E-state index contributed by atoms with van der Waals surface area (Å²) in [6, 6.07) is 9.87. The minimum atomic E-state index is -3.70. The molecule has 3 aromatic rings. The fourth-order valence-electron chi connectivity index (χ4n) is 2.73. The van der Waals surface area contributed by atoms with E-state index in [0.29, 0.717) is 24.2 Å². The number of sulfonamides is 1. The van der Waals surface area contributed by atoms with Crippen LogP contribution in [0, 0.1) is 0 Å². The molecule has 7 nitrogen and oxygen atoms in total. The Bertz CT molecular complexity index is 1060.